The smallest absolute Gasteiger partial charge is 0.273 e. The number of carbonyl (C=O) groups is 2. The van der Waals surface area contributed by atoms with Crippen LogP contribution in [0, 0.1) is 37.0 Å². The third-order valence-corrected chi connectivity index (χ3v) is 6.30. The number of nitrogens with one attached hydrogen (secondary N) is 2. The molecule has 0 atom stereocenters. The zero-order valence-electron chi connectivity index (χ0n) is 14.5. The van der Waals surface area contributed by atoms with Crippen molar-refractivity contribution in [3.63, 3.8) is 0 Å². The molecule has 4 fully saturated rings. The maximum Gasteiger partial charge on any atom is 0.273 e. The van der Waals surface area contributed by atoms with Crippen LogP contribution in [0.5, 0.6) is 0 Å². The molecule has 5 nitrogen and oxygen atoms in total. The van der Waals surface area contributed by atoms with Gasteiger partial charge in [0.05, 0.1) is 5.56 Å². The molecule has 24 heavy (non-hydrogen) atoms. The van der Waals surface area contributed by atoms with E-state index in [0.717, 1.165) is 17.8 Å². The van der Waals surface area contributed by atoms with Gasteiger partial charge in [-0.3, -0.25) is 20.4 Å². The fourth-order valence-corrected chi connectivity index (χ4v) is 5.94. The van der Waals surface area contributed by atoms with Gasteiger partial charge in [-0.05, 0) is 81.6 Å². The summed E-state index contributed by atoms with van der Waals surface area (Å²) in [6.45, 7) is 3.55. The lowest BCUT2D eigenvalue weighted by molar-refractivity contribution is -0.130. The van der Waals surface area contributed by atoms with Crippen LogP contribution in [0.2, 0.25) is 0 Å². The predicted octanol–water partition coefficient (Wildman–Crippen LogP) is 3.26. The molecule has 1 heterocycles. The summed E-state index contributed by atoms with van der Waals surface area (Å²) >= 11 is 0. The lowest BCUT2D eigenvalue weighted by Gasteiger charge is -2.56. The second kappa shape index (κ2) is 5.64. The van der Waals surface area contributed by atoms with E-state index in [2.05, 4.69) is 10.9 Å². The van der Waals surface area contributed by atoms with E-state index in [4.69, 9.17) is 4.42 Å². The Morgan fingerprint density at radius 3 is 2.17 bits per heavy atom. The second-order valence-corrected chi connectivity index (χ2v) is 8.42. The molecule has 2 N–H and O–H groups in total. The van der Waals surface area contributed by atoms with Gasteiger partial charge >= 0.3 is 0 Å². The first-order chi connectivity index (χ1) is 11.4. The Bertz CT molecular complexity index is 641. The largest absolute Gasteiger partial charge is 0.466 e. The Balaban J connectivity index is 1.34. The third-order valence-electron chi connectivity index (χ3n) is 6.30. The highest BCUT2D eigenvalue weighted by Gasteiger charge is 2.51. The van der Waals surface area contributed by atoms with E-state index in [-0.39, 0.29) is 17.2 Å². The van der Waals surface area contributed by atoms with Crippen molar-refractivity contribution in [3.8, 4) is 0 Å². The van der Waals surface area contributed by atoms with Gasteiger partial charge in [0, 0.05) is 6.42 Å². The molecule has 0 saturated heterocycles. The lowest BCUT2D eigenvalue weighted by Crippen LogP contribution is -2.50. The van der Waals surface area contributed by atoms with Crippen molar-refractivity contribution >= 4 is 11.8 Å². The van der Waals surface area contributed by atoms with Gasteiger partial charge in [0.15, 0.2) is 0 Å². The first kappa shape index (κ1) is 15.7. The fourth-order valence-electron chi connectivity index (χ4n) is 5.94. The SMILES string of the molecule is Cc1cc(C(=O)NNC(=O)CC23CC4CC(CC(C4)C2)C3)c(C)o1. The highest BCUT2D eigenvalue weighted by Crippen LogP contribution is 2.61. The number of hydrazine groups is 1. The van der Waals surface area contributed by atoms with Gasteiger partial charge in [-0.2, -0.15) is 0 Å². The monoisotopic (exact) mass is 330 g/mol. The number of carbonyl (C=O) groups excluding carboxylic acids is 2. The highest BCUT2D eigenvalue weighted by molar-refractivity contribution is 5.96. The minimum Gasteiger partial charge on any atom is -0.466 e. The molecule has 4 saturated carbocycles. The molecule has 1 aromatic rings. The fraction of sp³-hybridized carbons (Fsp3) is 0.684. The molecule has 0 aliphatic heterocycles. The molecular weight excluding hydrogens is 304 g/mol. The van der Waals surface area contributed by atoms with Gasteiger partial charge in [-0.15, -0.1) is 0 Å². The number of amides is 2. The van der Waals surface area contributed by atoms with Crippen LogP contribution in [0.1, 0.15) is 66.8 Å². The normalized spacial score (nSPS) is 33.5. The van der Waals surface area contributed by atoms with Gasteiger partial charge in [0.25, 0.3) is 5.91 Å². The Morgan fingerprint density at radius 2 is 1.67 bits per heavy atom. The Labute approximate surface area is 142 Å². The topological polar surface area (TPSA) is 71.3 Å². The van der Waals surface area contributed by atoms with Crippen molar-refractivity contribution < 1.29 is 14.0 Å². The van der Waals surface area contributed by atoms with Crippen LogP contribution in [0.3, 0.4) is 0 Å². The summed E-state index contributed by atoms with van der Waals surface area (Å²) in [6, 6.07) is 1.69. The zero-order chi connectivity index (χ0) is 16.9. The maximum atomic E-state index is 12.4. The average molecular weight is 330 g/mol. The van der Waals surface area contributed by atoms with Crippen molar-refractivity contribution in [3.05, 3.63) is 23.2 Å². The van der Waals surface area contributed by atoms with Crippen molar-refractivity contribution in [1.82, 2.24) is 10.9 Å². The summed E-state index contributed by atoms with van der Waals surface area (Å²) in [5, 5.41) is 0. The molecule has 4 aliphatic carbocycles. The molecule has 4 bridgehead atoms. The number of aryl methyl sites for hydroxylation is 2. The molecule has 5 rings (SSSR count). The number of rotatable bonds is 3. The average Bonchev–Trinajstić information content (AvgIpc) is 2.81. The Hall–Kier alpha value is -1.78. The summed E-state index contributed by atoms with van der Waals surface area (Å²) in [4.78, 5) is 24.6. The first-order valence-electron chi connectivity index (χ1n) is 9.09. The predicted molar refractivity (Wildman–Crippen MR) is 89.0 cm³/mol. The van der Waals surface area contributed by atoms with E-state index < -0.39 is 0 Å². The van der Waals surface area contributed by atoms with Crippen LogP contribution in [-0.2, 0) is 4.79 Å². The summed E-state index contributed by atoms with van der Waals surface area (Å²) in [6.07, 6.45) is 8.24. The standard InChI is InChI=1S/C19H26N2O3/c1-11-3-16(12(2)24-11)18(23)21-20-17(22)10-19-7-13-4-14(8-19)6-15(5-13)9-19/h3,13-15H,4-10H2,1-2H3,(H,20,22)(H,21,23). The van der Waals surface area contributed by atoms with E-state index in [1.807, 2.05) is 0 Å². The van der Waals surface area contributed by atoms with Crippen LogP contribution in [0.15, 0.2) is 10.5 Å². The molecule has 130 valence electrons. The molecule has 0 radical (unpaired) electrons. The molecule has 0 unspecified atom stereocenters. The van der Waals surface area contributed by atoms with Crippen LogP contribution in [0.25, 0.3) is 0 Å². The third kappa shape index (κ3) is 2.85. The lowest BCUT2D eigenvalue weighted by atomic mass is 9.49. The summed E-state index contributed by atoms with van der Waals surface area (Å²) in [5.41, 5.74) is 5.81. The van der Waals surface area contributed by atoms with Crippen molar-refractivity contribution in [2.24, 2.45) is 23.2 Å². The van der Waals surface area contributed by atoms with Gasteiger partial charge in [0.1, 0.15) is 11.5 Å². The van der Waals surface area contributed by atoms with E-state index >= 15 is 0 Å². The molecule has 2 amide bonds. The van der Waals surface area contributed by atoms with Crippen molar-refractivity contribution in [2.75, 3.05) is 0 Å². The van der Waals surface area contributed by atoms with Crippen LogP contribution in [-0.4, -0.2) is 11.8 Å². The molecule has 0 spiro atoms. The van der Waals surface area contributed by atoms with Crippen molar-refractivity contribution in [2.45, 2.75) is 58.8 Å². The van der Waals surface area contributed by atoms with Gasteiger partial charge in [-0.25, -0.2) is 0 Å². The van der Waals surface area contributed by atoms with Crippen LogP contribution >= 0.6 is 0 Å². The van der Waals surface area contributed by atoms with Gasteiger partial charge in [-0.1, -0.05) is 0 Å². The Morgan fingerprint density at radius 1 is 1.08 bits per heavy atom. The second-order valence-electron chi connectivity index (χ2n) is 8.42. The summed E-state index contributed by atoms with van der Waals surface area (Å²) in [7, 11) is 0. The van der Waals surface area contributed by atoms with Crippen LogP contribution < -0.4 is 10.9 Å². The van der Waals surface area contributed by atoms with Gasteiger partial charge < -0.3 is 4.42 Å². The minimum absolute atomic E-state index is 0.0665. The van der Waals surface area contributed by atoms with E-state index in [1.165, 1.54) is 38.5 Å². The zero-order valence-corrected chi connectivity index (χ0v) is 14.5. The highest BCUT2D eigenvalue weighted by atomic mass is 16.3. The molecule has 1 aromatic heterocycles. The summed E-state index contributed by atoms with van der Waals surface area (Å²) in [5.74, 6) is 3.37. The van der Waals surface area contributed by atoms with E-state index in [9.17, 15) is 9.59 Å². The quantitative estimate of drug-likeness (QED) is 0.836. The minimum atomic E-state index is -0.316. The number of hydrogen-bond acceptors (Lipinski definition) is 3. The van der Waals surface area contributed by atoms with Crippen molar-refractivity contribution in [1.29, 1.82) is 0 Å². The van der Waals surface area contributed by atoms with Gasteiger partial charge in [0.2, 0.25) is 5.91 Å². The number of furan rings is 1. The van der Waals surface area contributed by atoms with E-state index in [1.54, 1.807) is 19.9 Å². The number of hydrogen-bond donors (Lipinski definition) is 2. The molecule has 4 aliphatic rings. The summed E-state index contributed by atoms with van der Waals surface area (Å²) < 4.78 is 5.36. The molecular formula is C19H26N2O3. The Kier molecular flexibility index (Phi) is 3.70. The maximum absolute atomic E-state index is 12.4. The first-order valence-corrected chi connectivity index (χ1v) is 9.09. The van der Waals surface area contributed by atoms with E-state index in [0.29, 0.717) is 23.5 Å². The molecule has 5 heteroatoms. The molecule has 0 aromatic carbocycles. The van der Waals surface area contributed by atoms with Crippen LogP contribution in [0.4, 0.5) is 0 Å².